The number of hydrogen-bond donors (Lipinski definition) is 1. The number of ether oxygens (including phenoxy) is 3. The van der Waals surface area contributed by atoms with Crippen LogP contribution < -0.4 is 10.5 Å². The van der Waals surface area contributed by atoms with Crippen LogP contribution >= 0.6 is 0 Å². The van der Waals surface area contributed by atoms with Crippen molar-refractivity contribution in [3.63, 3.8) is 0 Å². The highest BCUT2D eigenvalue weighted by Gasteiger charge is 2.40. The van der Waals surface area contributed by atoms with Gasteiger partial charge >= 0.3 is 0 Å². The highest BCUT2D eigenvalue weighted by molar-refractivity contribution is 5.99. The largest absolute Gasteiger partial charge is 0.497 e. The van der Waals surface area contributed by atoms with Gasteiger partial charge in [0, 0.05) is 24.8 Å². The number of nitrogens with zero attached hydrogens (tertiary/aromatic N) is 1. The summed E-state index contributed by atoms with van der Waals surface area (Å²) in [6, 6.07) is 5.05. The van der Waals surface area contributed by atoms with Crippen LogP contribution in [0.2, 0.25) is 0 Å². The smallest absolute Gasteiger partial charge is 0.254 e. The molecule has 0 saturated heterocycles. The monoisotopic (exact) mass is 322 g/mol. The second-order valence-corrected chi connectivity index (χ2v) is 5.55. The summed E-state index contributed by atoms with van der Waals surface area (Å²) in [6.45, 7) is 7.10. The third-order valence-corrected chi connectivity index (χ3v) is 3.95. The SMILES string of the molecule is CCOC(CN1C(=O)c2ccc(OC)cc2C1C(C)N)OCC. The molecule has 6 nitrogen and oxygen atoms in total. The normalized spacial score (nSPS) is 18.4. The zero-order chi connectivity index (χ0) is 17.0. The average molecular weight is 322 g/mol. The summed E-state index contributed by atoms with van der Waals surface area (Å²) in [7, 11) is 1.61. The predicted octanol–water partition coefficient (Wildman–Crippen LogP) is 1.94. The highest BCUT2D eigenvalue weighted by atomic mass is 16.7. The molecule has 1 aromatic rings. The molecule has 128 valence electrons. The van der Waals surface area contributed by atoms with Crippen LogP contribution in [0.5, 0.6) is 5.75 Å². The van der Waals surface area contributed by atoms with Crippen molar-refractivity contribution >= 4 is 5.91 Å². The lowest BCUT2D eigenvalue weighted by Gasteiger charge is -2.31. The van der Waals surface area contributed by atoms with E-state index in [-0.39, 0.29) is 18.0 Å². The molecule has 1 aliphatic rings. The molecule has 1 heterocycles. The van der Waals surface area contributed by atoms with Gasteiger partial charge in [-0.3, -0.25) is 4.79 Å². The van der Waals surface area contributed by atoms with Crippen molar-refractivity contribution in [2.75, 3.05) is 26.9 Å². The molecule has 2 unspecified atom stereocenters. The van der Waals surface area contributed by atoms with E-state index in [9.17, 15) is 4.79 Å². The molecule has 2 atom stereocenters. The van der Waals surface area contributed by atoms with Gasteiger partial charge in [-0.1, -0.05) is 0 Å². The zero-order valence-corrected chi connectivity index (χ0v) is 14.2. The van der Waals surface area contributed by atoms with Gasteiger partial charge in [0.05, 0.1) is 19.7 Å². The van der Waals surface area contributed by atoms with E-state index in [4.69, 9.17) is 19.9 Å². The Kier molecular flexibility index (Phi) is 5.98. The topological polar surface area (TPSA) is 74.0 Å². The second-order valence-electron chi connectivity index (χ2n) is 5.55. The van der Waals surface area contributed by atoms with E-state index < -0.39 is 6.29 Å². The molecule has 2 rings (SSSR count). The third kappa shape index (κ3) is 3.65. The average Bonchev–Trinajstić information content (AvgIpc) is 2.80. The summed E-state index contributed by atoms with van der Waals surface area (Å²) >= 11 is 0. The molecule has 23 heavy (non-hydrogen) atoms. The van der Waals surface area contributed by atoms with E-state index >= 15 is 0 Å². The Bertz CT molecular complexity index is 541. The van der Waals surface area contributed by atoms with E-state index in [2.05, 4.69) is 0 Å². The van der Waals surface area contributed by atoms with E-state index in [1.54, 1.807) is 24.1 Å². The van der Waals surface area contributed by atoms with E-state index in [1.807, 2.05) is 26.8 Å². The number of fused-ring (bicyclic) bond motifs is 1. The number of benzene rings is 1. The summed E-state index contributed by atoms with van der Waals surface area (Å²) < 4.78 is 16.4. The zero-order valence-electron chi connectivity index (χ0n) is 14.2. The quantitative estimate of drug-likeness (QED) is 0.740. The van der Waals surface area contributed by atoms with Gasteiger partial charge in [0.2, 0.25) is 0 Å². The minimum Gasteiger partial charge on any atom is -0.497 e. The Morgan fingerprint density at radius 2 is 1.91 bits per heavy atom. The molecule has 0 spiro atoms. The van der Waals surface area contributed by atoms with Crippen LogP contribution in [-0.2, 0) is 9.47 Å². The van der Waals surface area contributed by atoms with Crippen LogP contribution in [0, 0.1) is 0 Å². The lowest BCUT2D eigenvalue weighted by Crippen LogP contribution is -2.43. The van der Waals surface area contributed by atoms with Crippen molar-refractivity contribution in [3.8, 4) is 5.75 Å². The lowest BCUT2D eigenvalue weighted by molar-refractivity contribution is -0.146. The molecule has 0 radical (unpaired) electrons. The maximum absolute atomic E-state index is 12.8. The first kappa shape index (κ1) is 17.7. The fourth-order valence-electron chi connectivity index (χ4n) is 3.01. The standard InChI is InChI=1S/C17H26N2O4/c1-5-22-15(23-6-2)10-19-16(11(3)18)14-9-12(21-4)7-8-13(14)17(19)20/h7-9,11,15-16H,5-6,10,18H2,1-4H3. The minimum absolute atomic E-state index is 0.0469. The number of carbonyl (C=O) groups excluding carboxylic acids is 1. The van der Waals surface area contributed by atoms with Crippen LogP contribution in [0.1, 0.15) is 42.7 Å². The van der Waals surface area contributed by atoms with Gasteiger partial charge in [-0.2, -0.15) is 0 Å². The van der Waals surface area contributed by atoms with Crippen LogP contribution in [0.3, 0.4) is 0 Å². The van der Waals surface area contributed by atoms with Crippen molar-refractivity contribution in [1.29, 1.82) is 0 Å². The Morgan fingerprint density at radius 1 is 1.26 bits per heavy atom. The summed E-state index contributed by atoms with van der Waals surface area (Å²) in [6.07, 6.45) is -0.452. The van der Waals surface area contributed by atoms with E-state index in [1.165, 1.54) is 0 Å². The van der Waals surface area contributed by atoms with Crippen molar-refractivity contribution in [2.45, 2.75) is 39.1 Å². The predicted molar refractivity (Wildman–Crippen MR) is 87.5 cm³/mol. The third-order valence-electron chi connectivity index (χ3n) is 3.95. The molecule has 0 saturated carbocycles. The van der Waals surface area contributed by atoms with Crippen LogP contribution in [0.4, 0.5) is 0 Å². The molecule has 6 heteroatoms. The number of rotatable bonds is 8. The summed E-state index contributed by atoms with van der Waals surface area (Å²) in [5.74, 6) is 0.671. The first-order valence-electron chi connectivity index (χ1n) is 8.01. The van der Waals surface area contributed by atoms with Crippen molar-refractivity contribution in [1.82, 2.24) is 4.90 Å². The van der Waals surface area contributed by atoms with Gasteiger partial charge in [0.15, 0.2) is 6.29 Å². The van der Waals surface area contributed by atoms with Gasteiger partial charge in [0.1, 0.15) is 5.75 Å². The number of methoxy groups -OCH3 is 1. The maximum atomic E-state index is 12.8. The Hall–Kier alpha value is -1.63. The molecule has 0 fully saturated rings. The van der Waals surface area contributed by atoms with Crippen molar-refractivity contribution in [2.24, 2.45) is 5.73 Å². The number of hydrogen-bond acceptors (Lipinski definition) is 5. The summed E-state index contributed by atoms with van der Waals surface area (Å²) in [4.78, 5) is 14.5. The van der Waals surface area contributed by atoms with Gasteiger partial charge < -0.3 is 24.8 Å². The first-order chi connectivity index (χ1) is 11.0. The van der Waals surface area contributed by atoms with Gasteiger partial charge in [-0.25, -0.2) is 0 Å². The Labute approximate surface area is 137 Å². The Morgan fingerprint density at radius 3 is 2.43 bits per heavy atom. The summed E-state index contributed by atoms with van der Waals surface area (Å²) in [5, 5.41) is 0. The molecule has 0 bridgehead atoms. The second kappa shape index (κ2) is 7.77. The molecular formula is C17H26N2O4. The van der Waals surface area contributed by atoms with Gasteiger partial charge in [-0.15, -0.1) is 0 Å². The van der Waals surface area contributed by atoms with Crippen molar-refractivity contribution in [3.05, 3.63) is 29.3 Å². The van der Waals surface area contributed by atoms with E-state index in [0.717, 1.165) is 11.3 Å². The number of carbonyl (C=O) groups is 1. The van der Waals surface area contributed by atoms with Crippen molar-refractivity contribution < 1.29 is 19.0 Å². The van der Waals surface area contributed by atoms with Crippen LogP contribution in [0.25, 0.3) is 0 Å². The van der Waals surface area contributed by atoms with Gasteiger partial charge in [-0.05, 0) is 44.5 Å². The molecule has 0 aromatic heterocycles. The number of amides is 1. The summed E-state index contributed by atoms with van der Waals surface area (Å²) in [5.41, 5.74) is 7.73. The Balaban J connectivity index is 2.31. The van der Waals surface area contributed by atoms with E-state index in [0.29, 0.717) is 25.3 Å². The fourth-order valence-corrected chi connectivity index (χ4v) is 3.01. The highest BCUT2D eigenvalue weighted by Crippen LogP contribution is 2.37. The molecule has 0 aliphatic carbocycles. The lowest BCUT2D eigenvalue weighted by atomic mass is 9.99. The van der Waals surface area contributed by atoms with Crippen LogP contribution in [0.15, 0.2) is 18.2 Å². The van der Waals surface area contributed by atoms with Crippen LogP contribution in [-0.4, -0.2) is 50.0 Å². The molecule has 1 aliphatic heterocycles. The minimum atomic E-state index is -0.452. The first-order valence-corrected chi connectivity index (χ1v) is 8.01. The molecule has 1 aromatic carbocycles. The fraction of sp³-hybridized carbons (Fsp3) is 0.588. The molecule has 1 amide bonds. The van der Waals surface area contributed by atoms with Gasteiger partial charge in [0.25, 0.3) is 5.91 Å². The number of nitrogens with two attached hydrogens (primary N) is 1. The molecular weight excluding hydrogens is 296 g/mol. The maximum Gasteiger partial charge on any atom is 0.254 e. The molecule has 2 N–H and O–H groups in total.